The van der Waals surface area contributed by atoms with Crippen molar-refractivity contribution in [2.45, 2.75) is 18.9 Å². The largest absolute Gasteiger partial charge is 0.473 e. The number of hydrogen-bond donors (Lipinski definition) is 1. The van der Waals surface area contributed by atoms with Crippen LogP contribution >= 0.6 is 22.9 Å². The second-order valence-electron chi connectivity index (χ2n) is 5.00. The van der Waals surface area contributed by atoms with Crippen LogP contribution in [0.4, 0.5) is 9.80 Å². The van der Waals surface area contributed by atoms with Gasteiger partial charge in [0, 0.05) is 32.1 Å². The molecule has 3 rings (SSSR count). The number of carbonyl (C=O) groups is 1. The molecule has 0 radical (unpaired) electrons. The lowest BCUT2D eigenvalue weighted by Gasteiger charge is -2.31. The van der Waals surface area contributed by atoms with Crippen LogP contribution in [0.25, 0.3) is 0 Å². The zero-order chi connectivity index (χ0) is 15.4. The maximum Gasteiger partial charge on any atom is 0.322 e. The Labute approximate surface area is 137 Å². The third-order valence-corrected chi connectivity index (χ3v) is 4.56. The van der Waals surface area contributed by atoms with E-state index in [1.54, 1.807) is 23.2 Å². The van der Waals surface area contributed by atoms with Crippen LogP contribution in [0.5, 0.6) is 5.88 Å². The molecule has 0 bridgehead atoms. The molecule has 5 nitrogen and oxygen atoms in total. The van der Waals surface area contributed by atoms with Crippen molar-refractivity contribution >= 4 is 34.0 Å². The van der Waals surface area contributed by atoms with Crippen molar-refractivity contribution in [3.05, 3.63) is 40.9 Å². The maximum absolute atomic E-state index is 12.1. The number of carbonyl (C=O) groups excluding carboxylic acids is 1. The average molecular weight is 338 g/mol. The van der Waals surface area contributed by atoms with Crippen molar-refractivity contribution < 1.29 is 9.53 Å². The molecule has 0 atom stereocenters. The van der Waals surface area contributed by atoms with Crippen LogP contribution in [-0.2, 0) is 0 Å². The van der Waals surface area contributed by atoms with E-state index in [0.717, 1.165) is 17.8 Å². The number of piperidine rings is 1. The molecule has 2 aromatic rings. The topological polar surface area (TPSA) is 54.5 Å². The number of hydrogen-bond acceptors (Lipinski definition) is 4. The van der Waals surface area contributed by atoms with Gasteiger partial charge in [0.15, 0.2) is 0 Å². The Morgan fingerprint density at radius 3 is 2.86 bits per heavy atom. The van der Waals surface area contributed by atoms with Crippen LogP contribution in [0.3, 0.4) is 0 Å². The maximum atomic E-state index is 12.1. The molecule has 7 heteroatoms. The van der Waals surface area contributed by atoms with Crippen LogP contribution < -0.4 is 10.1 Å². The van der Waals surface area contributed by atoms with Gasteiger partial charge in [-0.2, -0.15) is 0 Å². The summed E-state index contributed by atoms with van der Waals surface area (Å²) in [5.41, 5.74) is 0. The zero-order valence-electron chi connectivity index (χ0n) is 11.9. The van der Waals surface area contributed by atoms with Gasteiger partial charge in [0.2, 0.25) is 5.88 Å². The molecule has 0 aliphatic carbocycles. The number of halogens is 1. The minimum Gasteiger partial charge on any atom is -0.473 e. The normalized spacial score (nSPS) is 15.6. The number of nitrogens with zero attached hydrogens (tertiary/aromatic N) is 2. The van der Waals surface area contributed by atoms with E-state index < -0.39 is 0 Å². The highest BCUT2D eigenvalue weighted by molar-refractivity contribution is 7.14. The number of aromatic nitrogens is 1. The molecule has 1 fully saturated rings. The summed E-state index contributed by atoms with van der Waals surface area (Å²) in [4.78, 5) is 18.1. The molecule has 0 unspecified atom stereocenters. The second kappa shape index (κ2) is 6.98. The quantitative estimate of drug-likeness (QED) is 0.925. The molecule has 3 heterocycles. The summed E-state index contributed by atoms with van der Waals surface area (Å²) < 4.78 is 5.82. The fourth-order valence-electron chi connectivity index (χ4n) is 2.33. The summed E-state index contributed by atoms with van der Waals surface area (Å²) in [6, 6.07) is 7.27. The monoisotopic (exact) mass is 337 g/mol. The first-order valence-corrected chi connectivity index (χ1v) is 8.35. The number of ether oxygens (including phenoxy) is 1. The average Bonchev–Trinajstić information content (AvgIpc) is 3.03. The van der Waals surface area contributed by atoms with Gasteiger partial charge in [-0.1, -0.05) is 11.6 Å². The number of likely N-dealkylation sites (tertiary alicyclic amines) is 1. The van der Waals surface area contributed by atoms with Crippen LogP contribution in [0.2, 0.25) is 5.02 Å². The van der Waals surface area contributed by atoms with Crippen LogP contribution in [-0.4, -0.2) is 35.1 Å². The Kier molecular flexibility index (Phi) is 4.80. The lowest BCUT2D eigenvalue weighted by molar-refractivity contribution is 0.112. The van der Waals surface area contributed by atoms with Crippen LogP contribution in [0.15, 0.2) is 35.8 Å². The molecule has 2 aromatic heterocycles. The fraction of sp³-hybridized carbons (Fsp3) is 0.333. The Balaban J connectivity index is 1.50. The number of anilines is 1. The Morgan fingerprint density at radius 1 is 1.36 bits per heavy atom. The third kappa shape index (κ3) is 3.69. The van der Waals surface area contributed by atoms with Gasteiger partial charge in [-0.15, -0.1) is 11.3 Å². The van der Waals surface area contributed by atoms with Crippen LogP contribution in [0.1, 0.15) is 12.8 Å². The first-order valence-electron chi connectivity index (χ1n) is 7.09. The third-order valence-electron chi connectivity index (χ3n) is 3.48. The van der Waals surface area contributed by atoms with E-state index in [1.165, 1.54) is 11.3 Å². The Hall–Kier alpha value is -1.79. The smallest absolute Gasteiger partial charge is 0.322 e. The van der Waals surface area contributed by atoms with Gasteiger partial charge in [0.05, 0.1) is 5.00 Å². The minimum atomic E-state index is -0.0585. The van der Waals surface area contributed by atoms with E-state index in [-0.39, 0.29) is 12.1 Å². The molecule has 116 valence electrons. The summed E-state index contributed by atoms with van der Waals surface area (Å²) in [5, 5.41) is 6.21. The lowest BCUT2D eigenvalue weighted by Crippen LogP contribution is -2.43. The first-order chi connectivity index (χ1) is 10.7. The van der Waals surface area contributed by atoms with Gasteiger partial charge in [0.25, 0.3) is 0 Å². The summed E-state index contributed by atoms with van der Waals surface area (Å²) in [6.45, 7) is 1.32. The zero-order valence-corrected chi connectivity index (χ0v) is 13.4. The molecular formula is C15H16ClN3O2S. The van der Waals surface area contributed by atoms with Gasteiger partial charge in [0.1, 0.15) is 11.1 Å². The van der Waals surface area contributed by atoms with Crippen molar-refractivity contribution in [1.82, 2.24) is 9.88 Å². The predicted molar refractivity (Wildman–Crippen MR) is 87.8 cm³/mol. The minimum absolute atomic E-state index is 0.0400. The first kappa shape index (κ1) is 15.1. The molecule has 0 aromatic carbocycles. The molecular weight excluding hydrogens is 322 g/mol. The van der Waals surface area contributed by atoms with E-state index in [2.05, 4.69) is 10.3 Å². The summed E-state index contributed by atoms with van der Waals surface area (Å²) >= 11 is 7.55. The molecule has 1 aliphatic heterocycles. The van der Waals surface area contributed by atoms with E-state index >= 15 is 0 Å². The Morgan fingerprint density at radius 2 is 2.18 bits per heavy atom. The van der Waals surface area contributed by atoms with E-state index in [1.807, 2.05) is 17.5 Å². The van der Waals surface area contributed by atoms with Gasteiger partial charge >= 0.3 is 6.03 Å². The molecule has 0 saturated carbocycles. The number of thiophene rings is 1. The summed E-state index contributed by atoms with van der Waals surface area (Å²) in [6.07, 6.45) is 3.23. The fourth-order valence-corrected chi connectivity index (χ4v) is 3.10. The van der Waals surface area contributed by atoms with Gasteiger partial charge in [-0.25, -0.2) is 9.78 Å². The highest BCUT2D eigenvalue weighted by Gasteiger charge is 2.24. The van der Waals surface area contributed by atoms with Crippen molar-refractivity contribution in [2.75, 3.05) is 18.4 Å². The van der Waals surface area contributed by atoms with Gasteiger partial charge < -0.3 is 9.64 Å². The second-order valence-corrected chi connectivity index (χ2v) is 6.36. The summed E-state index contributed by atoms with van der Waals surface area (Å²) in [5.74, 6) is 0.464. The predicted octanol–water partition coefficient (Wildman–Crippen LogP) is 3.87. The SMILES string of the molecule is O=C(Nc1cccs1)N1CCC(Oc2ncccc2Cl)CC1. The molecule has 22 heavy (non-hydrogen) atoms. The molecule has 1 N–H and O–H groups in total. The number of urea groups is 1. The van der Waals surface area contributed by atoms with Gasteiger partial charge in [-0.3, -0.25) is 5.32 Å². The van der Waals surface area contributed by atoms with Crippen molar-refractivity contribution in [2.24, 2.45) is 0 Å². The number of rotatable bonds is 3. The van der Waals surface area contributed by atoms with Crippen molar-refractivity contribution in [3.8, 4) is 5.88 Å². The molecule has 1 aliphatic rings. The highest BCUT2D eigenvalue weighted by Crippen LogP contribution is 2.24. The number of pyridine rings is 1. The van der Waals surface area contributed by atoms with E-state index in [0.29, 0.717) is 24.0 Å². The number of amides is 2. The molecule has 2 amide bonds. The highest BCUT2D eigenvalue weighted by atomic mass is 35.5. The van der Waals surface area contributed by atoms with Crippen LogP contribution in [0, 0.1) is 0 Å². The van der Waals surface area contributed by atoms with Gasteiger partial charge in [-0.05, 0) is 29.6 Å². The van der Waals surface area contributed by atoms with Crippen molar-refractivity contribution in [3.63, 3.8) is 0 Å². The molecule has 0 spiro atoms. The lowest BCUT2D eigenvalue weighted by atomic mass is 10.1. The summed E-state index contributed by atoms with van der Waals surface area (Å²) in [7, 11) is 0. The standard InChI is InChI=1S/C15H16ClN3O2S/c16-12-3-1-7-17-14(12)21-11-5-8-19(9-6-11)15(20)18-13-4-2-10-22-13/h1-4,7,10-11H,5-6,8-9H2,(H,18,20). The molecule has 1 saturated heterocycles. The number of nitrogens with one attached hydrogen (secondary N) is 1. The van der Waals surface area contributed by atoms with E-state index in [4.69, 9.17) is 16.3 Å². The van der Waals surface area contributed by atoms with E-state index in [9.17, 15) is 4.79 Å². The van der Waals surface area contributed by atoms with Crippen molar-refractivity contribution in [1.29, 1.82) is 0 Å². The Bertz CT molecular complexity index is 627.